The van der Waals surface area contributed by atoms with E-state index in [9.17, 15) is 15.0 Å². The van der Waals surface area contributed by atoms with Crippen molar-refractivity contribution in [2.24, 2.45) is 0 Å². The number of hydrogen-bond donors (Lipinski definition) is 2. The summed E-state index contributed by atoms with van der Waals surface area (Å²) in [5, 5.41) is 21.7. The first-order chi connectivity index (χ1) is 13.4. The highest BCUT2D eigenvalue weighted by Gasteiger charge is 2.16. The minimum atomic E-state index is 0.120. The molecule has 2 aromatic carbocycles. The number of piperidine rings is 1. The summed E-state index contributed by atoms with van der Waals surface area (Å²) in [4.78, 5) is 14.3. The zero-order valence-electron chi connectivity index (χ0n) is 16.8. The summed E-state index contributed by atoms with van der Waals surface area (Å²) < 4.78 is 0. The Kier molecular flexibility index (Phi) is 6.08. The molecule has 28 heavy (non-hydrogen) atoms. The first-order valence-electron chi connectivity index (χ1n) is 9.97. The number of phenols is 2. The van der Waals surface area contributed by atoms with Gasteiger partial charge >= 0.3 is 0 Å². The average Bonchev–Trinajstić information content (AvgIpc) is 2.73. The van der Waals surface area contributed by atoms with Gasteiger partial charge in [0.15, 0.2) is 0 Å². The van der Waals surface area contributed by atoms with Crippen LogP contribution in [0.25, 0.3) is 12.7 Å². The summed E-state index contributed by atoms with van der Waals surface area (Å²) >= 11 is 0. The number of aryl methyl sites for hydroxylation is 1. The molecule has 0 atom stereocenters. The molecule has 1 heterocycles. The fraction of sp³-hybridized carbons (Fsp3) is 0.375. The Morgan fingerprint density at radius 3 is 2.32 bits per heavy atom. The van der Waals surface area contributed by atoms with Crippen molar-refractivity contribution in [2.75, 3.05) is 13.1 Å². The van der Waals surface area contributed by atoms with Crippen molar-refractivity contribution in [3.8, 4) is 11.5 Å². The van der Waals surface area contributed by atoms with Crippen LogP contribution in [0.4, 0.5) is 0 Å². The van der Waals surface area contributed by atoms with E-state index in [2.05, 4.69) is 6.58 Å². The van der Waals surface area contributed by atoms with Crippen molar-refractivity contribution in [3.05, 3.63) is 57.0 Å². The second-order valence-electron chi connectivity index (χ2n) is 7.67. The van der Waals surface area contributed by atoms with Crippen LogP contribution in [0.3, 0.4) is 0 Å². The molecule has 1 saturated heterocycles. The van der Waals surface area contributed by atoms with E-state index in [0.29, 0.717) is 28.0 Å². The van der Waals surface area contributed by atoms with E-state index in [1.165, 1.54) is 6.42 Å². The summed E-state index contributed by atoms with van der Waals surface area (Å²) in [6.07, 6.45) is 6.60. The Hall–Kier alpha value is -2.75. The van der Waals surface area contributed by atoms with Crippen LogP contribution in [0.1, 0.15) is 47.9 Å². The average molecular weight is 380 g/mol. The molecule has 3 rings (SSSR count). The van der Waals surface area contributed by atoms with Crippen molar-refractivity contribution in [1.82, 2.24) is 4.90 Å². The smallest absolute Gasteiger partial charge is 0.222 e. The summed E-state index contributed by atoms with van der Waals surface area (Å²) in [6, 6.07) is 7.99. The molecule has 0 aliphatic carbocycles. The van der Waals surface area contributed by atoms with Crippen molar-refractivity contribution >= 4 is 18.6 Å². The van der Waals surface area contributed by atoms with Crippen molar-refractivity contribution in [1.29, 1.82) is 0 Å². The van der Waals surface area contributed by atoms with Crippen molar-refractivity contribution < 1.29 is 15.0 Å². The van der Waals surface area contributed by atoms with Gasteiger partial charge < -0.3 is 15.1 Å². The Morgan fingerprint density at radius 2 is 1.68 bits per heavy atom. The van der Waals surface area contributed by atoms with Crippen LogP contribution in [0.5, 0.6) is 11.5 Å². The van der Waals surface area contributed by atoms with Gasteiger partial charge in [-0.15, -0.1) is 0 Å². The quantitative estimate of drug-likeness (QED) is 0.803. The molecular weight excluding hydrogens is 350 g/mol. The summed E-state index contributed by atoms with van der Waals surface area (Å²) in [7, 11) is 0. The predicted octanol–water partition coefficient (Wildman–Crippen LogP) is 2.90. The molecule has 2 N–H and O–H groups in total. The van der Waals surface area contributed by atoms with Crippen molar-refractivity contribution in [2.45, 2.75) is 46.0 Å². The third-order valence-corrected chi connectivity index (χ3v) is 5.74. The number of nitrogens with zero attached hydrogens (tertiary/aromatic N) is 1. The zero-order valence-corrected chi connectivity index (χ0v) is 16.8. The van der Waals surface area contributed by atoms with E-state index in [-0.39, 0.29) is 17.4 Å². The van der Waals surface area contributed by atoms with Gasteiger partial charge in [-0.05, 0) is 56.7 Å². The predicted molar refractivity (Wildman–Crippen MR) is 113 cm³/mol. The largest absolute Gasteiger partial charge is 0.507 e. The number of hydrogen-bond acceptors (Lipinski definition) is 3. The lowest BCUT2D eigenvalue weighted by Crippen LogP contribution is -2.35. The molecule has 1 amide bonds. The van der Waals surface area contributed by atoms with Gasteiger partial charge in [0.2, 0.25) is 5.91 Å². The van der Waals surface area contributed by atoms with Gasteiger partial charge in [-0.2, -0.15) is 0 Å². The van der Waals surface area contributed by atoms with Gasteiger partial charge in [0, 0.05) is 41.1 Å². The molecule has 2 aromatic rings. The third kappa shape index (κ3) is 4.22. The van der Waals surface area contributed by atoms with Gasteiger partial charge in [-0.25, -0.2) is 0 Å². The summed E-state index contributed by atoms with van der Waals surface area (Å²) in [5.74, 6) is 0.515. The summed E-state index contributed by atoms with van der Waals surface area (Å²) in [6.45, 7) is 9.13. The minimum Gasteiger partial charge on any atom is -0.507 e. The van der Waals surface area contributed by atoms with Crippen LogP contribution in [-0.4, -0.2) is 34.1 Å². The number of carbonyl (C=O) groups is 1. The first-order valence-corrected chi connectivity index (χ1v) is 9.97. The lowest BCUT2D eigenvalue weighted by atomic mass is 10.0. The molecule has 1 fully saturated rings. The first kappa shape index (κ1) is 20.0. The topological polar surface area (TPSA) is 60.8 Å². The number of carbonyl (C=O) groups excluding carboxylic acids is 1. The maximum atomic E-state index is 12.3. The van der Waals surface area contributed by atoms with E-state index < -0.39 is 0 Å². The maximum Gasteiger partial charge on any atom is 0.222 e. The Labute approximate surface area is 166 Å². The number of amides is 1. The number of benzene rings is 2. The highest BCUT2D eigenvalue weighted by molar-refractivity contribution is 5.76. The Morgan fingerprint density at radius 1 is 1.04 bits per heavy atom. The maximum absolute atomic E-state index is 12.3. The molecule has 1 aliphatic rings. The summed E-state index contributed by atoms with van der Waals surface area (Å²) in [5.41, 5.74) is 3.25. The molecule has 0 unspecified atom stereocenters. The molecule has 4 nitrogen and oxygen atoms in total. The number of rotatable bonds is 4. The molecule has 0 radical (unpaired) electrons. The van der Waals surface area contributed by atoms with E-state index in [0.717, 1.165) is 43.5 Å². The number of aromatic hydroxyl groups is 2. The SMILES string of the molecule is C=c1c(C)c(O)c(=Cc2ccc(CCC(=O)N3CCCCC3)cc2)c(C)c1O. The van der Waals surface area contributed by atoms with Gasteiger partial charge in [0.25, 0.3) is 0 Å². The highest BCUT2D eigenvalue weighted by atomic mass is 16.3. The normalized spacial score (nSPS) is 15.1. The van der Waals surface area contributed by atoms with E-state index >= 15 is 0 Å². The fourth-order valence-corrected chi connectivity index (χ4v) is 3.73. The van der Waals surface area contributed by atoms with Gasteiger partial charge in [0.05, 0.1) is 0 Å². The number of phenolic OH excluding ortho intramolecular Hbond substituents is 2. The molecule has 0 bridgehead atoms. The lowest BCUT2D eigenvalue weighted by Gasteiger charge is -2.26. The van der Waals surface area contributed by atoms with E-state index in [1.54, 1.807) is 13.8 Å². The van der Waals surface area contributed by atoms with Crippen LogP contribution < -0.4 is 10.4 Å². The minimum absolute atomic E-state index is 0.120. The van der Waals surface area contributed by atoms with E-state index in [4.69, 9.17) is 0 Å². The Balaban J connectivity index is 1.74. The van der Waals surface area contributed by atoms with Crippen LogP contribution in [0.2, 0.25) is 0 Å². The highest BCUT2D eigenvalue weighted by Crippen LogP contribution is 2.16. The Bertz CT molecular complexity index is 935. The van der Waals surface area contributed by atoms with E-state index in [1.807, 2.05) is 35.2 Å². The molecule has 0 saturated carbocycles. The van der Waals surface area contributed by atoms with Crippen molar-refractivity contribution in [3.63, 3.8) is 0 Å². The van der Waals surface area contributed by atoms with Gasteiger partial charge in [-0.1, -0.05) is 30.8 Å². The van der Waals surface area contributed by atoms with Crippen LogP contribution >= 0.6 is 0 Å². The molecule has 1 aliphatic heterocycles. The molecular formula is C24H29NO3. The van der Waals surface area contributed by atoms with Gasteiger partial charge in [0.1, 0.15) is 11.5 Å². The monoisotopic (exact) mass is 379 g/mol. The second kappa shape index (κ2) is 8.51. The van der Waals surface area contributed by atoms with Gasteiger partial charge in [-0.3, -0.25) is 4.79 Å². The fourth-order valence-electron chi connectivity index (χ4n) is 3.73. The molecule has 148 valence electrons. The molecule has 4 heteroatoms. The van der Waals surface area contributed by atoms with Crippen LogP contribution in [0.15, 0.2) is 24.3 Å². The third-order valence-electron chi connectivity index (χ3n) is 5.74. The lowest BCUT2D eigenvalue weighted by molar-refractivity contribution is -0.132. The van der Waals surface area contributed by atoms with Crippen LogP contribution in [-0.2, 0) is 11.2 Å². The molecule has 0 aromatic heterocycles. The van der Waals surface area contributed by atoms with Crippen LogP contribution in [0, 0.1) is 13.8 Å². The standard InChI is InChI=1S/C24H29NO3/c1-16-17(2)24(28)21(18(3)23(16)27)15-20-9-7-19(8-10-20)11-12-22(26)25-13-5-4-6-14-25/h7-10,15,27-28H,1,4-6,11-14H2,2-3H3. The second-order valence-corrected chi connectivity index (χ2v) is 7.67. The molecule has 0 spiro atoms. The zero-order chi connectivity index (χ0) is 20.3. The number of likely N-dealkylation sites (tertiary alicyclic amines) is 1.